The van der Waals surface area contributed by atoms with Crippen LogP contribution in [0.25, 0.3) is 0 Å². The highest BCUT2D eigenvalue weighted by Gasteiger charge is 2.34. The number of nitrogens with zero attached hydrogens (tertiary/aromatic N) is 1. The summed E-state index contributed by atoms with van der Waals surface area (Å²) in [4.78, 5) is 26.1. The van der Waals surface area contributed by atoms with E-state index in [1.54, 1.807) is 24.0 Å². The Balaban J connectivity index is 1.53. The first kappa shape index (κ1) is 18.0. The molecule has 0 spiro atoms. The molecule has 4 nitrogen and oxygen atoms in total. The van der Waals surface area contributed by atoms with Gasteiger partial charge in [-0.15, -0.1) is 11.8 Å². The molecule has 2 aromatic carbocycles. The van der Waals surface area contributed by atoms with Gasteiger partial charge in [-0.2, -0.15) is 0 Å². The van der Waals surface area contributed by atoms with Crippen LogP contribution in [-0.4, -0.2) is 17.6 Å². The van der Waals surface area contributed by atoms with E-state index < -0.39 is 0 Å². The summed E-state index contributed by atoms with van der Waals surface area (Å²) in [6, 6.07) is 12.5. The zero-order valence-corrected chi connectivity index (χ0v) is 15.9. The highest BCUT2D eigenvalue weighted by Crippen LogP contribution is 2.42. The Bertz CT molecular complexity index is 880. The summed E-state index contributed by atoms with van der Waals surface area (Å²) >= 11 is 1.52. The molecule has 1 aliphatic heterocycles. The molecule has 27 heavy (non-hydrogen) atoms. The molecule has 1 heterocycles. The molecule has 140 valence electrons. The molecule has 2 aromatic rings. The number of halogens is 1. The molecular weight excluding hydrogens is 363 g/mol. The van der Waals surface area contributed by atoms with Gasteiger partial charge in [-0.3, -0.25) is 14.5 Å². The average molecular weight is 384 g/mol. The topological polar surface area (TPSA) is 49.4 Å². The summed E-state index contributed by atoms with van der Waals surface area (Å²) in [5.41, 5.74) is 2.84. The maximum Gasteiger partial charge on any atom is 0.238 e. The molecule has 2 fully saturated rings. The molecule has 2 amide bonds. The molecule has 1 saturated heterocycles. The number of carbonyl (C=O) groups is 2. The minimum atomic E-state index is -0.315. The van der Waals surface area contributed by atoms with Crippen LogP contribution in [-0.2, 0) is 9.59 Å². The van der Waals surface area contributed by atoms with Crippen molar-refractivity contribution in [1.29, 1.82) is 0 Å². The molecule has 4 rings (SSSR count). The SMILES string of the molecule is Cc1ccc(N2C(=O)CS[C@@H]2c2ccc(NC(=O)C3CCC3)cc2)cc1F. The highest BCUT2D eigenvalue weighted by molar-refractivity contribution is 8.00. The second-order valence-electron chi connectivity index (χ2n) is 7.10. The number of thioether (sulfide) groups is 1. The summed E-state index contributed by atoms with van der Waals surface area (Å²) in [6.07, 6.45) is 3.05. The first-order valence-corrected chi connectivity index (χ1v) is 10.2. The van der Waals surface area contributed by atoms with Crippen LogP contribution < -0.4 is 10.2 Å². The minimum absolute atomic E-state index is 0.0318. The molecule has 0 radical (unpaired) electrons. The van der Waals surface area contributed by atoms with Gasteiger partial charge in [-0.1, -0.05) is 24.6 Å². The number of nitrogens with one attached hydrogen (secondary N) is 1. The molecule has 0 bridgehead atoms. The Labute approximate surface area is 162 Å². The predicted octanol–water partition coefficient (Wildman–Crippen LogP) is 4.65. The Morgan fingerprint density at radius 3 is 2.56 bits per heavy atom. The zero-order valence-electron chi connectivity index (χ0n) is 15.1. The third kappa shape index (κ3) is 3.58. The molecule has 1 N–H and O–H groups in total. The lowest BCUT2D eigenvalue weighted by molar-refractivity contribution is -0.122. The Kier molecular flexibility index (Phi) is 4.91. The van der Waals surface area contributed by atoms with Crippen LogP contribution in [0.4, 0.5) is 15.8 Å². The first-order valence-electron chi connectivity index (χ1n) is 9.13. The number of hydrogen-bond acceptors (Lipinski definition) is 3. The van der Waals surface area contributed by atoms with Gasteiger partial charge >= 0.3 is 0 Å². The molecule has 0 aromatic heterocycles. The van der Waals surface area contributed by atoms with Crippen molar-refractivity contribution < 1.29 is 14.0 Å². The van der Waals surface area contributed by atoms with Crippen molar-refractivity contribution in [2.24, 2.45) is 5.92 Å². The average Bonchev–Trinajstić information content (AvgIpc) is 2.98. The lowest BCUT2D eigenvalue weighted by atomic mass is 9.85. The van der Waals surface area contributed by atoms with E-state index in [1.165, 1.54) is 17.8 Å². The Hall–Kier alpha value is -2.34. The van der Waals surface area contributed by atoms with Crippen LogP contribution in [0.15, 0.2) is 42.5 Å². The van der Waals surface area contributed by atoms with Gasteiger partial charge in [-0.25, -0.2) is 4.39 Å². The quantitative estimate of drug-likeness (QED) is 0.835. The molecular formula is C21H21FN2O2S. The lowest BCUT2D eigenvalue weighted by Gasteiger charge is -2.25. The second-order valence-corrected chi connectivity index (χ2v) is 8.17. The van der Waals surface area contributed by atoms with Gasteiger partial charge in [0.25, 0.3) is 0 Å². The number of carbonyl (C=O) groups excluding carboxylic acids is 2. The van der Waals surface area contributed by atoms with Crippen LogP contribution in [0.2, 0.25) is 0 Å². The Morgan fingerprint density at radius 2 is 1.93 bits per heavy atom. The van der Waals surface area contributed by atoms with Gasteiger partial charge in [0.15, 0.2) is 0 Å². The summed E-state index contributed by atoms with van der Waals surface area (Å²) in [6.45, 7) is 1.70. The van der Waals surface area contributed by atoms with Crippen LogP contribution in [0, 0.1) is 18.7 Å². The lowest BCUT2D eigenvalue weighted by Crippen LogP contribution is -2.28. The molecule has 1 saturated carbocycles. The van der Waals surface area contributed by atoms with Crippen molar-refractivity contribution in [1.82, 2.24) is 0 Å². The number of hydrogen-bond donors (Lipinski definition) is 1. The smallest absolute Gasteiger partial charge is 0.238 e. The van der Waals surface area contributed by atoms with Crippen LogP contribution in [0.1, 0.15) is 35.8 Å². The third-order valence-corrected chi connectivity index (χ3v) is 6.45. The van der Waals surface area contributed by atoms with E-state index in [9.17, 15) is 14.0 Å². The fraction of sp³-hybridized carbons (Fsp3) is 0.333. The molecule has 0 unspecified atom stereocenters. The first-order chi connectivity index (χ1) is 13.0. The van der Waals surface area contributed by atoms with E-state index in [4.69, 9.17) is 0 Å². The number of aryl methyl sites for hydroxylation is 1. The minimum Gasteiger partial charge on any atom is -0.326 e. The van der Waals surface area contributed by atoms with Crippen molar-refractivity contribution in [2.45, 2.75) is 31.6 Å². The van der Waals surface area contributed by atoms with Gasteiger partial charge in [0.1, 0.15) is 11.2 Å². The monoisotopic (exact) mass is 384 g/mol. The van der Waals surface area contributed by atoms with E-state index in [2.05, 4.69) is 5.32 Å². The van der Waals surface area contributed by atoms with Gasteiger partial charge < -0.3 is 5.32 Å². The highest BCUT2D eigenvalue weighted by atomic mass is 32.2. The normalized spacial score (nSPS) is 19.9. The molecule has 1 aliphatic carbocycles. The number of rotatable bonds is 4. The summed E-state index contributed by atoms with van der Waals surface area (Å²) in [7, 11) is 0. The van der Waals surface area contributed by atoms with Crippen molar-refractivity contribution in [2.75, 3.05) is 16.0 Å². The maximum absolute atomic E-state index is 14.0. The zero-order chi connectivity index (χ0) is 19.0. The van der Waals surface area contributed by atoms with Gasteiger partial charge in [0.05, 0.1) is 5.75 Å². The number of benzene rings is 2. The van der Waals surface area contributed by atoms with E-state index in [-0.39, 0.29) is 28.9 Å². The van der Waals surface area contributed by atoms with Crippen molar-refractivity contribution >= 4 is 35.0 Å². The van der Waals surface area contributed by atoms with Crippen LogP contribution >= 0.6 is 11.8 Å². The molecule has 6 heteroatoms. The Morgan fingerprint density at radius 1 is 1.19 bits per heavy atom. The van der Waals surface area contributed by atoms with Crippen molar-refractivity contribution in [3.05, 3.63) is 59.4 Å². The predicted molar refractivity (Wildman–Crippen MR) is 106 cm³/mol. The largest absolute Gasteiger partial charge is 0.326 e. The third-order valence-electron chi connectivity index (χ3n) is 5.24. The molecule has 2 aliphatic rings. The van der Waals surface area contributed by atoms with Gasteiger partial charge in [0.2, 0.25) is 11.8 Å². The maximum atomic E-state index is 14.0. The van der Waals surface area contributed by atoms with Gasteiger partial charge in [-0.05, 0) is 55.2 Å². The van der Waals surface area contributed by atoms with Gasteiger partial charge in [0, 0.05) is 17.3 Å². The summed E-state index contributed by atoms with van der Waals surface area (Å²) in [5.74, 6) is 0.233. The van der Waals surface area contributed by atoms with Crippen LogP contribution in [0.5, 0.6) is 0 Å². The summed E-state index contributed by atoms with van der Waals surface area (Å²) in [5, 5.41) is 2.75. The summed E-state index contributed by atoms with van der Waals surface area (Å²) < 4.78 is 14.0. The number of anilines is 2. The number of amides is 2. The van der Waals surface area contributed by atoms with Crippen LogP contribution in [0.3, 0.4) is 0 Å². The van der Waals surface area contributed by atoms with E-state index in [0.29, 0.717) is 17.0 Å². The molecule has 1 atom stereocenters. The van der Waals surface area contributed by atoms with Crippen molar-refractivity contribution in [3.63, 3.8) is 0 Å². The standard InChI is InChI=1S/C21H21FN2O2S/c1-13-5-10-17(11-18(13)22)24-19(25)12-27-21(24)15-6-8-16(9-7-15)23-20(26)14-3-2-4-14/h5-11,14,21H,2-4,12H2,1H3,(H,23,26)/t21-/m1/s1. The van der Waals surface area contributed by atoms with Crippen molar-refractivity contribution in [3.8, 4) is 0 Å². The van der Waals surface area contributed by atoms with E-state index >= 15 is 0 Å². The van der Waals surface area contributed by atoms with E-state index in [0.717, 1.165) is 30.5 Å². The fourth-order valence-electron chi connectivity index (χ4n) is 3.33. The fourth-order valence-corrected chi connectivity index (χ4v) is 4.50. The second kappa shape index (κ2) is 7.35. The van der Waals surface area contributed by atoms with E-state index in [1.807, 2.05) is 24.3 Å².